The van der Waals surface area contributed by atoms with Crippen molar-refractivity contribution in [2.45, 2.75) is 352 Å². The molecule has 0 aromatic rings. The Morgan fingerprint density at radius 3 is 0.832 bits per heavy atom. The van der Waals surface area contributed by atoms with E-state index >= 15 is 0 Å². The third-order valence-electron chi connectivity index (χ3n) is 27.4. The lowest BCUT2D eigenvalue weighted by Crippen LogP contribution is -2.59. The van der Waals surface area contributed by atoms with Gasteiger partial charge in [0.15, 0.2) is 19.8 Å². The van der Waals surface area contributed by atoms with E-state index in [2.05, 4.69) is 27.7 Å². The summed E-state index contributed by atoms with van der Waals surface area (Å²) in [4.78, 5) is 96.6. The molecule has 0 spiro atoms. The smallest absolute Gasteiger partial charge is 0.344 e. The molecule has 16 saturated carbocycles. The van der Waals surface area contributed by atoms with Crippen LogP contribution in [-0.4, -0.2) is 96.6 Å². The van der Waals surface area contributed by atoms with Crippen LogP contribution >= 0.6 is 0 Å². The Morgan fingerprint density at radius 2 is 0.574 bits per heavy atom. The molecule has 16 aliphatic carbocycles. The van der Waals surface area contributed by atoms with Crippen LogP contribution in [0.4, 0.5) is 0 Å². The molecular formula is C85H154O16. The van der Waals surface area contributed by atoms with Crippen molar-refractivity contribution >= 4 is 47.8 Å². The summed E-state index contributed by atoms with van der Waals surface area (Å²) in [6.45, 7) is 26.7. The van der Waals surface area contributed by atoms with Gasteiger partial charge in [0, 0.05) is 0 Å². The first-order valence-electron chi connectivity index (χ1n) is 37.5. The Kier molecular flexibility index (Phi) is 36.5. The van der Waals surface area contributed by atoms with Crippen LogP contribution in [0.5, 0.6) is 0 Å². The Labute approximate surface area is 617 Å². The number of ether oxygens (including phenoxy) is 8. The van der Waals surface area contributed by atoms with E-state index in [1.807, 2.05) is 69.2 Å². The van der Waals surface area contributed by atoms with E-state index in [0.717, 1.165) is 79.4 Å². The predicted molar refractivity (Wildman–Crippen MR) is 405 cm³/mol. The maximum absolute atomic E-state index is 12.4. The third kappa shape index (κ3) is 20.9. The molecule has 590 valence electrons. The second-order valence-corrected chi connectivity index (χ2v) is 33.9. The lowest BCUT2D eigenvalue weighted by atomic mass is 9.49. The third-order valence-corrected chi connectivity index (χ3v) is 27.4. The van der Waals surface area contributed by atoms with E-state index < -0.39 is 10.8 Å². The minimum atomic E-state index is -0.550. The fourth-order valence-corrected chi connectivity index (χ4v) is 21.1. The fourth-order valence-electron chi connectivity index (χ4n) is 21.1. The van der Waals surface area contributed by atoms with Gasteiger partial charge in [-0.3, -0.25) is 24.0 Å². The van der Waals surface area contributed by atoms with Gasteiger partial charge in [-0.05, 0) is 303 Å². The highest BCUT2D eigenvalue weighted by Crippen LogP contribution is 2.64. The van der Waals surface area contributed by atoms with Crippen LogP contribution in [0.25, 0.3) is 0 Å². The van der Waals surface area contributed by atoms with Crippen molar-refractivity contribution in [1.29, 1.82) is 0 Å². The summed E-state index contributed by atoms with van der Waals surface area (Å²) < 4.78 is 44.6. The van der Waals surface area contributed by atoms with Crippen molar-refractivity contribution in [2.75, 3.05) is 26.4 Å². The molecule has 0 aliphatic heterocycles. The Hall–Kier alpha value is -4.24. The zero-order chi connectivity index (χ0) is 67.6. The number of esters is 8. The van der Waals surface area contributed by atoms with Gasteiger partial charge < -0.3 is 37.9 Å². The van der Waals surface area contributed by atoms with E-state index in [-0.39, 0.29) is 174 Å². The summed E-state index contributed by atoms with van der Waals surface area (Å²) in [5.74, 6) is 8.03. The quantitative estimate of drug-likeness (QED) is 0.0688. The monoisotopic (exact) mass is 1430 g/mol. The number of rotatable bonds is 23. The second kappa shape index (κ2) is 38.9. The van der Waals surface area contributed by atoms with Crippen molar-refractivity contribution in [3.63, 3.8) is 0 Å². The van der Waals surface area contributed by atoms with Gasteiger partial charge in [-0.2, -0.15) is 0 Å². The molecule has 16 aliphatic rings. The van der Waals surface area contributed by atoms with Gasteiger partial charge in [-0.15, -0.1) is 0 Å². The molecule has 0 amide bonds. The zero-order valence-corrected chi connectivity index (χ0v) is 59.8. The zero-order valence-electron chi connectivity index (χ0n) is 59.8. The van der Waals surface area contributed by atoms with Gasteiger partial charge >= 0.3 is 47.8 Å². The first-order chi connectivity index (χ1) is 43.9. The second-order valence-electron chi connectivity index (χ2n) is 33.9. The van der Waals surface area contributed by atoms with Crippen molar-refractivity contribution in [3.05, 3.63) is 0 Å². The van der Waals surface area contributed by atoms with Gasteiger partial charge in [-0.1, -0.05) is 115 Å². The summed E-state index contributed by atoms with van der Waals surface area (Å²) in [6.07, 6.45) is 29.6. The van der Waals surface area contributed by atoms with Crippen LogP contribution in [0.1, 0.15) is 330 Å². The average Bonchev–Trinajstić information content (AvgIpc) is 0.754. The van der Waals surface area contributed by atoms with Gasteiger partial charge in [0.2, 0.25) is 0 Å². The minimum Gasteiger partial charge on any atom is -0.465 e. The molecule has 101 heavy (non-hydrogen) atoms. The molecule has 16 fully saturated rings. The molecule has 0 saturated heterocycles. The molecular weight excluding hydrogens is 1280 g/mol. The predicted octanol–water partition coefficient (Wildman–Crippen LogP) is 20.4. The first-order valence-corrected chi connectivity index (χ1v) is 37.5. The van der Waals surface area contributed by atoms with E-state index in [0.29, 0.717) is 53.8 Å². The molecule has 0 N–H and O–H groups in total. The number of carbonyl (C=O) groups is 8. The minimum absolute atomic E-state index is 0. The molecule has 0 radical (unpaired) electrons. The molecule has 0 aromatic heterocycles. The Morgan fingerprint density at radius 1 is 0.337 bits per heavy atom. The molecule has 16 heteroatoms. The highest BCUT2D eigenvalue weighted by molar-refractivity contribution is 5.81. The number of hydrogen-bond donors (Lipinski definition) is 0. The van der Waals surface area contributed by atoms with Crippen molar-refractivity contribution in [3.8, 4) is 0 Å². The van der Waals surface area contributed by atoms with Crippen molar-refractivity contribution < 1.29 is 76.3 Å². The lowest BCUT2D eigenvalue weighted by molar-refractivity contribution is -0.215. The van der Waals surface area contributed by atoms with Crippen LogP contribution in [0.15, 0.2) is 0 Å². The molecule has 16 bridgehead atoms. The fraction of sp³-hybridized carbons (Fsp3) is 0.906. The van der Waals surface area contributed by atoms with Gasteiger partial charge in [0.05, 0.1) is 29.1 Å². The van der Waals surface area contributed by atoms with Gasteiger partial charge in [0.25, 0.3) is 0 Å². The highest BCUT2D eigenvalue weighted by atomic mass is 16.6. The van der Waals surface area contributed by atoms with E-state index in [9.17, 15) is 38.4 Å². The SMILES string of the molecule is C.C.C.C.C.C.C.C.CCC(C)(C)C(=O)OCC(=O)OC1(CC)C2CC3CC(C2)CC1C3.CCC(C)(C)C(=O)OCCC(=O)OC1(C)C2CC3CC(C2)CC1C3.CCC(C)C(=O)OCC(=O)OC1(C)C2CC3CC(C2)CC1C3.CCC(C)C(=O)OCC(=O)OC1(CC)C2CC3CC(C2)CC1C3. The topological polar surface area (TPSA) is 210 Å². The Bertz CT molecular complexity index is 2540. The van der Waals surface area contributed by atoms with Gasteiger partial charge in [0.1, 0.15) is 29.0 Å². The van der Waals surface area contributed by atoms with Crippen LogP contribution < -0.4 is 0 Å². The molecule has 0 aromatic carbocycles. The maximum Gasteiger partial charge on any atom is 0.344 e. The van der Waals surface area contributed by atoms with E-state index in [1.54, 1.807) is 0 Å². The van der Waals surface area contributed by atoms with Crippen LogP contribution in [0.3, 0.4) is 0 Å². The first kappa shape index (κ1) is 94.8. The van der Waals surface area contributed by atoms with Crippen molar-refractivity contribution in [2.24, 2.45) is 117 Å². The Balaban J connectivity index is 0.000000656. The molecule has 16 rings (SSSR count). The average molecular weight is 1430 g/mol. The van der Waals surface area contributed by atoms with Crippen LogP contribution in [0.2, 0.25) is 0 Å². The lowest BCUT2D eigenvalue weighted by Gasteiger charge is -2.60. The number of hydrogen-bond acceptors (Lipinski definition) is 16. The summed E-state index contributed by atoms with van der Waals surface area (Å²) in [5, 5.41) is 0. The maximum atomic E-state index is 12.4. The van der Waals surface area contributed by atoms with Crippen LogP contribution in [0, 0.1) is 117 Å². The normalized spacial score (nSPS) is 35.4. The molecule has 2 atom stereocenters. The van der Waals surface area contributed by atoms with Crippen molar-refractivity contribution in [1.82, 2.24) is 0 Å². The number of carbonyl (C=O) groups excluding carboxylic acids is 8. The molecule has 16 nitrogen and oxygen atoms in total. The molecule has 0 heterocycles. The molecule has 2 unspecified atom stereocenters. The van der Waals surface area contributed by atoms with E-state index in [4.69, 9.17) is 37.9 Å². The van der Waals surface area contributed by atoms with E-state index in [1.165, 1.54) is 128 Å². The standard InChI is InChI=1S/2C20H32O4.C19H30O4.C18H28O4.8CH4/c1-5-19(2,3)18(22)23-7-6-17(21)24-20(4)15-9-13-8-14(11-15)12-16(20)10-13;1-5-19(3,4)18(22)23-12-17(21)24-20(6-2)15-8-13-7-14(10-15)11-16(20)9-13;1-4-12(3)18(21)22-11-17(20)23-19(5-2)15-7-13-6-14(9-15)10-16(19)8-13;1-4-11(2)17(20)21-10-16(19)22-18(3)14-6-12-5-13(8-14)9-15(18)7-12;;;;;;;;/h2*13-16H,5-12H2,1-4H3;12-16H,4-11H2,1-3H3;11-15H,4-10H2,1-3H3;8*1H4. The van der Waals surface area contributed by atoms with Crippen LogP contribution in [-0.2, 0) is 76.3 Å². The summed E-state index contributed by atoms with van der Waals surface area (Å²) in [5.41, 5.74) is -2.28. The van der Waals surface area contributed by atoms with Gasteiger partial charge in [-0.25, -0.2) is 14.4 Å². The summed E-state index contributed by atoms with van der Waals surface area (Å²) in [7, 11) is 0. The summed E-state index contributed by atoms with van der Waals surface area (Å²) in [6, 6.07) is 0. The largest absolute Gasteiger partial charge is 0.465 e. The summed E-state index contributed by atoms with van der Waals surface area (Å²) >= 11 is 0. The highest BCUT2D eigenvalue weighted by Gasteiger charge is 2.62.